The predicted molar refractivity (Wildman–Crippen MR) is 87.4 cm³/mol. The summed E-state index contributed by atoms with van der Waals surface area (Å²) in [5.74, 6) is 2.19. The van der Waals surface area contributed by atoms with Crippen molar-refractivity contribution in [3.63, 3.8) is 0 Å². The average molecular weight is 287 g/mol. The molecule has 0 aromatic heterocycles. The Morgan fingerprint density at radius 1 is 1.25 bits per heavy atom. The fourth-order valence-corrected chi connectivity index (χ4v) is 3.69. The van der Waals surface area contributed by atoms with E-state index in [4.69, 9.17) is 4.74 Å². The zero-order chi connectivity index (χ0) is 13.8. The van der Waals surface area contributed by atoms with Crippen LogP contribution in [0, 0.1) is 0 Å². The van der Waals surface area contributed by atoms with Gasteiger partial charge in [-0.05, 0) is 28.9 Å². The second-order valence-corrected chi connectivity index (χ2v) is 6.28. The van der Waals surface area contributed by atoms with Crippen molar-refractivity contribution in [3.8, 4) is 0 Å². The van der Waals surface area contributed by atoms with E-state index in [1.165, 1.54) is 16.3 Å². The van der Waals surface area contributed by atoms with Gasteiger partial charge in [-0.2, -0.15) is 11.8 Å². The number of ether oxygens (including phenoxy) is 1. The molecule has 0 aliphatic carbocycles. The topological polar surface area (TPSA) is 21.3 Å². The molecule has 106 valence electrons. The van der Waals surface area contributed by atoms with Crippen molar-refractivity contribution in [1.29, 1.82) is 0 Å². The van der Waals surface area contributed by atoms with Gasteiger partial charge in [0.05, 0.1) is 18.8 Å². The average Bonchev–Trinajstić information content (AvgIpc) is 2.53. The number of fused-ring (bicyclic) bond motifs is 1. The van der Waals surface area contributed by atoms with Crippen molar-refractivity contribution >= 4 is 22.5 Å². The molecule has 1 N–H and O–H groups in total. The van der Waals surface area contributed by atoms with Crippen molar-refractivity contribution in [2.45, 2.75) is 19.1 Å². The molecule has 3 rings (SSSR count). The lowest BCUT2D eigenvalue weighted by atomic mass is 9.98. The van der Waals surface area contributed by atoms with Gasteiger partial charge in [0, 0.05) is 11.5 Å². The summed E-state index contributed by atoms with van der Waals surface area (Å²) in [6.45, 7) is 3.98. The zero-order valence-corrected chi connectivity index (χ0v) is 12.7. The van der Waals surface area contributed by atoms with Gasteiger partial charge in [0.25, 0.3) is 0 Å². The minimum atomic E-state index is 0.273. The summed E-state index contributed by atoms with van der Waals surface area (Å²) < 4.78 is 5.98. The molecule has 1 aliphatic rings. The summed E-state index contributed by atoms with van der Waals surface area (Å²) in [5, 5.41) is 6.19. The van der Waals surface area contributed by atoms with E-state index < -0.39 is 0 Å². The maximum Gasteiger partial charge on any atom is 0.0860 e. The number of thioether (sulfide) groups is 1. The lowest BCUT2D eigenvalue weighted by Gasteiger charge is -2.31. The minimum absolute atomic E-state index is 0.273. The number of hydrogen-bond donors (Lipinski definition) is 1. The van der Waals surface area contributed by atoms with Crippen LogP contribution in [0.1, 0.15) is 18.5 Å². The Kier molecular flexibility index (Phi) is 4.61. The van der Waals surface area contributed by atoms with Crippen LogP contribution in [0.25, 0.3) is 10.8 Å². The van der Waals surface area contributed by atoms with Gasteiger partial charge in [-0.3, -0.25) is 0 Å². The van der Waals surface area contributed by atoms with Gasteiger partial charge in [0.2, 0.25) is 0 Å². The largest absolute Gasteiger partial charge is 0.375 e. The molecule has 2 nitrogen and oxygen atoms in total. The highest BCUT2D eigenvalue weighted by molar-refractivity contribution is 7.99. The molecule has 2 unspecified atom stereocenters. The monoisotopic (exact) mass is 287 g/mol. The molecule has 2 atom stereocenters. The molecule has 0 radical (unpaired) electrons. The molecular weight excluding hydrogens is 266 g/mol. The molecule has 0 spiro atoms. The van der Waals surface area contributed by atoms with Crippen LogP contribution in [0.15, 0.2) is 42.5 Å². The van der Waals surface area contributed by atoms with Crippen LogP contribution in [0.3, 0.4) is 0 Å². The van der Waals surface area contributed by atoms with Gasteiger partial charge in [0.1, 0.15) is 0 Å². The molecular formula is C17H21NOS. The quantitative estimate of drug-likeness (QED) is 0.928. The Hall–Kier alpha value is -1.03. The highest BCUT2D eigenvalue weighted by Gasteiger charge is 2.25. The fourth-order valence-electron chi connectivity index (χ4n) is 2.78. The molecule has 1 heterocycles. The summed E-state index contributed by atoms with van der Waals surface area (Å²) in [5.41, 5.74) is 1.33. The molecule has 2 aromatic rings. The summed E-state index contributed by atoms with van der Waals surface area (Å²) in [6.07, 6.45) is 0.273. The van der Waals surface area contributed by atoms with Crippen LogP contribution < -0.4 is 5.32 Å². The van der Waals surface area contributed by atoms with E-state index in [2.05, 4.69) is 54.7 Å². The maximum atomic E-state index is 5.98. The van der Waals surface area contributed by atoms with Crippen LogP contribution in [0.4, 0.5) is 0 Å². The third-order valence-electron chi connectivity index (χ3n) is 3.77. The molecule has 1 fully saturated rings. The van der Waals surface area contributed by atoms with E-state index in [-0.39, 0.29) is 12.1 Å². The summed E-state index contributed by atoms with van der Waals surface area (Å²) in [6, 6.07) is 15.6. The summed E-state index contributed by atoms with van der Waals surface area (Å²) >= 11 is 1.99. The normalized spacial score (nSPS) is 20.9. The van der Waals surface area contributed by atoms with Crippen LogP contribution in [-0.4, -0.2) is 30.8 Å². The highest BCUT2D eigenvalue weighted by atomic mass is 32.2. The van der Waals surface area contributed by atoms with Crippen molar-refractivity contribution in [3.05, 3.63) is 48.0 Å². The van der Waals surface area contributed by atoms with Gasteiger partial charge < -0.3 is 10.1 Å². The van der Waals surface area contributed by atoms with Crippen LogP contribution in [0.5, 0.6) is 0 Å². The number of hydrogen-bond acceptors (Lipinski definition) is 3. The molecule has 0 amide bonds. The first-order chi connectivity index (χ1) is 9.88. The van der Waals surface area contributed by atoms with E-state index in [0.717, 1.165) is 24.7 Å². The first-order valence-electron chi connectivity index (χ1n) is 7.30. The number of likely N-dealkylation sites (N-methyl/N-ethyl adjacent to an activating group) is 1. The van der Waals surface area contributed by atoms with Crippen molar-refractivity contribution in [1.82, 2.24) is 5.32 Å². The van der Waals surface area contributed by atoms with Crippen LogP contribution in [-0.2, 0) is 4.74 Å². The third-order valence-corrected chi connectivity index (χ3v) is 4.79. The summed E-state index contributed by atoms with van der Waals surface area (Å²) in [4.78, 5) is 0. The molecule has 0 saturated carbocycles. The van der Waals surface area contributed by atoms with Crippen molar-refractivity contribution < 1.29 is 4.74 Å². The minimum Gasteiger partial charge on any atom is -0.375 e. The molecule has 1 aliphatic heterocycles. The molecule has 0 bridgehead atoms. The zero-order valence-electron chi connectivity index (χ0n) is 11.8. The van der Waals surface area contributed by atoms with E-state index in [0.29, 0.717) is 0 Å². The second-order valence-electron chi connectivity index (χ2n) is 5.13. The van der Waals surface area contributed by atoms with Crippen LogP contribution in [0.2, 0.25) is 0 Å². The summed E-state index contributed by atoms with van der Waals surface area (Å²) in [7, 11) is 0. The first kappa shape index (κ1) is 13.9. The highest BCUT2D eigenvalue weighted by Crippen LogP contribution is 2.27. The lowest BCUT2D eigenvalue weighted by Crippen LogP contribution is -2.38. The van der Waals surface area contributed by atoms with E-state index in [9.17, 15) is 0 Å². The number of nitrogens with one attached hydrogen (secondary N) is 1. The Morgan fingerprint density at radius 2 is 2.10 bits per heavy atom. The molecule has 1 saturated heterocycles. The first-order valence-corrected chi connectivity index (χ1v) is 8.45. The van der Waals surface area contributed by atoms with E-state index in [1.807, 2.05) is 11.8 Å². The number of benzene rings is 2. The lowest BCUT2D eigenvalue weighted by molar-refractivity contribution is 0.0472. The van der Waals surface area contributed by atoms with Gasteiger partial charge >= 0.3 is 0 Å². The Bertz CT molecular complexity index is 566. The third kappa shape index (κ3) is 3.00. The standard InChI is InChI=1S/C17H21NOS/c1-2-18-17(16-12-20-10-9-19-16)15-8-7-13-5-3-4-6-14(13)11-15/h3-8,11,16-18H,2,9-10,12H2,1H3. The molecule has 3 heteroatoms. The predicted octanol–water partition coefficient (Wildman–Crippen LogP) is 3.62. The van der Waals surface area contributed by atoms with E-state index >= 15 is 0 Å². The van der Waals surface area contributed by atoms with Gasteiger partial charge in [-0.1, -0.05) is 43.3 Å². The van der Waals surface area contributed by atoms with E-state index in [1.54, 1.807) is 0 Å². The smallest absolute Gasteiger partial charge is 0.0860 e. The van der Waals surface area contributed by atoms with Crippen molar-refractivity contribution in [2.24, 2.45) is 0 Å². The SMILES string of the molecule is CCNC(c1ccc2ccccc2c1)C1CSCCO1. The fraction of sp³-hybridized carbons (Fsp3) is 0.412. The Morgan fingerprint density at radius 3 is 2.85 bits per heavy atom. The maximum absolute atomic E-state index is 5.98. The Labute approximate surface area is 124 Å². The second kappa shape index (κ2) is 6.61. The van der Waals surface area contributed by atoms with Gasteiger partial charge in [0.15, 0.2) is 0 Å². The van der Waals surface area contributed by atoms with Gasteiger partial charge in [-0.15, -0.1) is 0 Å². The van der Waals surface area contributed by atoms with Crippen molar-refractivity contribution in [2.75, 3.05) is 24.7 Å². The molecule has 2 aromatic carbocycles. The van der Waals surface area contributed by atoms with Gasteiger partial charge in [-0.25, -0.2) is 0 Å². The molecule has 20 heavy (non-hydrogen) atoms. The van der Waals surface area contributed by atoms with Crippen LogP contribution >= 0.6 is 11.8 Å². The Balaban J connectivity index is 1.91. The number of rotatable bonds is 4.